The summed E-state index contributed by atoms with van der Waals surface area (Å²) < 4.78 is 11.6. The summed E-state index contributed by atoms with van der Waals surface area (Å²) in [7, 11) is 1.57. The molecule has 1 aromatic carbocycles. The first-order valence-electron chi connectivity index (χ1n) is 7.27. The summed E-state index contributed by atoms with van der Waals surface area (Å²) in [6, 6.07) is 7.06. The van der Waals surface area contributed by atoms with Crippen LogP contribution < -0.4 is 20.4 Å². The summed E-state index contributed by atoms with van der Waals surface area (Å²) in [6.45, 7) is 3.59. The Hall–Kier alpha value is -2.26. The third kappa shape index (κ3) is 2.80. The fourth-order valence-electron chi connectivity index (χ4n) is 2.68. The Morgan fingerprint density at radius 2 is 2.04 bits per heavy atom. The van der Waals surface area contributed by atoms with Crippen molar-refractivity contribution in [2.24, 2.45) is 0 Å². The van der Waals surface area contributed by atoms with E-state index in [0.29, 0.717) is 17.1 Å². The van der Waals surface area contributed by atoms with Gasteiger partial charge in [0.2, 0.25) is 5.69 Å². The molecule has 0 amide bonds. The Balaban J connectivity index is 1.99. The average molecular weight is 352 g/mol. The van der Waals surface area contributed by atoms with Crippen molar-refractivity contribution in [2.45, 2.75) is 30.0 Å². The fourth-order valence-corrected chi connectivity index (χ4v) is 4.18. The zero-order valence-corrected chi connectivity index (χ0v) is 14.2. The van der Waals surface area contributed by atoms with Gasteiger partial charge in [-0.25, -0.2) is 4.79 Å². The van der Waals surface area contributed by atoms with E-state index in [9.17, 15) is 14.7 Å². The summed E-state index contributed by atoms with van der Waals surface area (Å²) in [6.07, 6.45) is 0. The van der Waals surface area contributed by atoms with Crippen LogP contribution in [0, 0.1) is 0 Å². The van der Waals surface area contributed by atoms with Crippen LogP contribution in [0.4, 0.5) is 0 Å². The highest BCUT2D eigenvalue weighted by Crippen LogP contribution is 2.41. The van der Waals surface area contributed by atoms with Crippen molar-refractivity contribution in [3.63, 3.8) is 0 Å². The maximum Gasteiger partial charge on any atom is 0.433 e. The number of ether oxygens (including phenoxy) is 1. The first kappa shape index (κ1) is 16.6. The van der Waals surface area contributed by atoms with Crippen molar-refractivity contribution in [3.05, 3.63) is 40.4 Å². The van der Waals surface area contributed by atoms with E-state index in [1.54, 1.807) is 45.2 Å². The second-order valence-electron chi connectivity index (χ2n) is 6.00. The normalized spacial score (nSPS) is 22.5. The number of aliphatic carboxylic acids is 1. The molecule has 9 heteroatoms. The van der Waals surface area contributed by atoms with E-state index in [0.717, 1.165) is 0 Å². The molecule has 3 rings (SSSR count). The van der Waals surface area contributed by atoms with Crippen LogP contribution in [-0.2, 0) is 4.79 Å². The van der Waals surface area contributed by atoms with E-state index in [4.69, 9.17) is 9.26 Å². The lowest BCUT2D eigenvalue weighted by Crippen LogP contribution is -2.47. The third-order valence-corrected chi connectivity index (χ3v) is 5.59. The smallest absolute Gasteiger partial charge is 0.433 e. The topological polar surface area (TPSA) is 108 Å². The molecule has 24 heavy (non-hydrogen) atoms. The van der Waals surface area contributed by atoms with Crippen molar-refractivity contribution >= 4 is 17.7 Å². The van der Waals surface area contributed by atoms with Gasteiger partial charge in [0.05, 0.1) is 7.11 Å². The number of benzene rings is 1. The van der Waals surface area contributed by atoms with Crippen molar-refractivity contribution in [3.8, 4) is 11.4 Å². The van der Waals surface area contributed by atoms with Gasteiger partial charge in [-0.2, -0.15) is 0 Å². The van der Waals surface area contributed by atoms with E-state index >= 15 is 0 Å². The molecule has 2 aromatic rings. The van der Waals surface area contributed by atoms with Gasteiger partial charge in [-0.05, 0) is 35.9 Å². The van der Waals surface area contributed by atoms with E-state index < -0.39 is 27.8 Å². The molecule has 1 aliphatic rings. The molecule has 1 saturated heterocycles. The van der Waals surface area contributed by atoms with Crippen LogP contribution in [0.25, 0.3) is 5.69 Å². The van der Waals surface area contributed by atoms with Crippen molar-refractivity contribution in [1.82, 2.24) is 10.6 Å². The molecule has 2 heterocycles. The number of aromatic nitrogens is 2. The van der Waals surface area contributed by atoms with Gasteiger partial charge >= 0.3 is 17.3 Å². The lowest BCUT2D eigenvalue weighted by Gasteiger charge is -2.22. The number of nitrogens with one attached hydrogen (secondary N) is 2. The van der Waals surface area contributed by atoms with Gasteiger partial charge in [-0.3, -0.25) is 14.6 Å². The molecular formula is C15H18N3O5S+. The van der Waals surface area contributed by atoms with Gasteiger partial charge in [-0.1, -0.05) is 0 Å². The first-order valence-corrected chi connectivity index (χ1v) is 8.21. The van der Waals surface area contributed by atoms with Gasteiger partial charge in [0.25, 0.3) is 0 Å². The molecule has 2 unspecified atom stereocenters. The Kier molecular flexibility index (Phi) is 4.14. The van der Waals surface area contributed by atoms with Crippen LogP contribution in [0.1, 0.15) is 24.9 Å². The second-order valence-corrected chi connectivity index (χ2v) is 7.21. The van der Waals surface area contributed by atoms with Crippen LogP contribution in [0.5, 0.6) is 5.75 Å². The van der Waals surface area contributed by atoms with E-state index in [-0.39, 0.29) is 0 Å². The number of aromatic amines is 1. The van der Waals surface area contributed by atoms with Gasteiger partial charge in [0, 0.05) is 17.7 Å². The quantitative estimate of drug-likeness (QED) is 0.699. The summed E-state index contributed by atoms with van der Waals surface area (Å²) in [5, 5.41) is 14.0. The van der Waals surface area contributed by atoms with E-state index in [1.165, 1.54) is 16.4 Å². The maximum atomic E-state index is 12.2. The maximum absolute atomic E-state index is 12.2. The highest BCUT2D eigenvalue weighted by Gasteiger charge is 2.50. The molecule has 1 fully saturated rings. The molecule has 128 valence electrons. The molecule has 2 atom stereocenters. The highest BCUT2D eigenvalue weighted by molar-refractivity contribution is 8.01. The zero-order chi connectivity index (χ0) is 17.5. The Bertz CT molecular complexity index is 811. The van der Waals surface area contributed by atoms with Gasteiger partial charge < -0.3 is 9.84 Å². The van der Waals surface area contributed by atoms with Crippen LogP contribution in [0.15, 0.2) is 33.6 Å². The van der Waals surface area contributed by atoms with Gasteiger partial charge in [0.15, 0.2) is 5.37 Å². The molecule has 0 aliphatic carbocycles. The predicted octanol–water partition coefficient (Wildman–Crippen LogP) is 0.820. The number of carboxylic acids is 1. The number of carbonyl (C=O) groups is 1. The number of carboxylic acid groups (broad SMARTS) is 1. The Morgan fingerprint density at radius 3 is 2.58 bits per heavy atom. The average Bonchev–Trinajstić information content (AvgIpc) is 3.06. The van der Waals surface area contributed by atoms with Gasteiger partial charge in [0.1, 0.15) is 11.0 Å². The molecule has 0 bridgehead atoms. The monoisotopic (exact) mass is 352 g/mol. The van der Waals surface area contributed by atoms with Crippen LogP contribution in [0.3, 0.4) is 0 Å². The predicted molar refractivity (Wildman–Crippen MR) is 86.4 cm³/mol. The summed E-state index contributed by atoms with van der Waals surface area (Å²) in [5.74, 6) is -0.233. The summed E-state index contributed by atoms with van der Waals surface area (Å²) in [5.41, 5.74) is -0.224. The van der Waals surface area contributed by atoms with Crippen molar-refractivity contribution in [1.29, 1.82) is 0 Å². The molecule has 8 nitrogen and oxygen atoms in total. The lowest BCUT2D eigenvalue weighted by atomic mass is 10.0. The fraction of sp³-hybridized carbons (Fsp3) is 0.400. The Labute approximate surface area is 141 Å². The van der Waals surface area contributed by atoms with Gasteiger partial charge in [-0.15, -0.1) is 11.8 Å². The van der Waals surface area contributed by atoms with Crippen LogP contribution >= 0.6 is 11.8 Å². The summed E-state index contributed by atoms with van der Waals surface area (Å²) >= 11 is 1.18. The Morgan fingerprint density at radius 1 is 1.38 bits per heavy atom. The largest absolute Gasteiger partial charge is 0.497 e. The summed E-state index contributed by atoms with van der Waals surface area (Å²) in [4.78, 5) is 23.6. The molecule has 3 N–H and O–H groups in total. The molecule has 1 aromatic heterocycles. The number of rotatable bonds is 4. The minimum atomic E-state index is -0.920. The highest BCUT2D eigenvalue weighted by atomic mass is 32.2. The number of thioether (sulfide) groups is 1. The molecule has 0 saturated carbocycles. The number of hydrogen-bond acceptors (Lipinski definition) is 6. The minimum absolute atomic E-state index is 0.307. The zero-order valence-electron chi connectivity index (χ0n) is 13.4. The molecule has 0 radical (unpaired) electrons. The number of methoxy groups -OCH3 is 1. The van der Waals surface area contributed by atoms with Crippen LogP contribution in [-0.4, -0.2) is 34.2 Å². The van der Waals surface area contributed by atoms with Crippen molar-refractivity contribution in [2.75, 3.05) is 7.11 Å². The number of nitrogens with zero attached hydrogens (tertiary/aromatic N) is 1. The van der Waals surface area contributed by atoms with Crippen molar-refractivity contribution < 1.29 is 23.8 Å². The minimum Gasteiger partial charge on any atom is -0.497 e. The molecular weight excluding hydrogens is 334 g/mol. The first-order chi connectivity index (χ1) is 11.3. The lowest BCUT2D eigenvalue weighted by molar-refractivity contribution is -0.677. The van der Waals surface area contributed by atoms with E-state index in [1.807, 2.05) is 0 Å². The molecule has 1 aliphatic heterocycles. The molecule has 0 spiro atoms. The SMILES string of the molecule is COc1ccc(-[n+]2[nH]oc(=O)c2C2NC(C)(C)C(C(=O)O)S2)cc1. The van der Waals surface area contributed by atoms with Crippen LogP contribution in [0.2, 0.25) is 0 Å². The second kappa shape index (κ2) is 5.99. The number of H-pyrrole nitrogens is 1. The standard InChI is InChI=1S/C15H17N3O5S/c1-15(2)11(13(19)20)24-12(16-15)10-14(21)23-17-18(10)8-4-6-9(22-3)7-5-8/h4-7,11-12,16H,1-3H3,(H-,17,19,20,21)/p+1. The number of hydrogen-bond donors (Lipinski definition) is 3. The van der Waals surface area contributed by atoms with E-state index in [2.05, 4.69) is 10.6 Å². The third-order valence-electron chi connectivity index (χ3n) is 3.91.